The Morgan fingerprint density at radius 3 is 2.62 bits per heavy atom. The van der Waals surface area contributed by atoms with Gasteiger partial charge in [-0.2, -0.15) is 0 Å². The number of nitrogens with zero attached hydrogens (tertiary/aromatic N) is 1. The molecule has 0 radical (unpaired) electrons. The molecular weight excluding hydrogens is 276 g/mol. The second-order valence-electron chi connectivity index (χ2n) is 4.76. The first-order valence-electron chi connectivity index (χ1n) is 6.61. The molecule has 0 saturated carbocycles. The molecule has 1 aromatic rings. The van der Waals surface area contributed by atoms with E-state index in [-0.39, 0.29) is 18.1 Å². The summed E-state index contributed by atoms with van der Waals surface area (Å²) in [5.74, 6) is -2.53. The zero-order chi connectivity index (χ0) is 16.0. The Balaban J connectivity index is 2.72. The van der Waals surface area contributed by atoms with Gasteiger partial charge >= 0.3 is 5.97 Å². The number of nitrogens with one attached hydrogen (secondary N) is 1. The highest BCUT2D eigenvalue weighted by Gasteiger charge is 2.20. The molecule has 0 aromatic heterocycles. The number of carbonyl (C=O) groups excluding carboxylic acids is 1. The summed E-state index contributed by atoms with van der Waals surface area (Å²) < 4.78 is 0. The van der Waals surface area contributed by atoms with Crippen LogP contribution in [0.25, 0.3) is 0 Å². The van der Waals surface area contributed by atoms with Crippen molar-refractivity contribution in [3.05, 3.63) is 39.9 Å². The number of carboxylic acids is 1. The van der Waals surface area contributed by atoms with Crippen LogP contribution in [0.3, 0.4) is 0 Å². The van der Waals surface area contributed by atoms with E-state index in [1.54, 1.807) is 19.9 Å². The average Bonchev–Trinajstić information content (AvgIpc) is 2.46. The molecule has 2 N–H and O–H groups in total. The molecule has 0 saturated heterocycles. The lowest BCUT2D eigenvalue weighted by molar-refractivity contribution is -0.384. The number of rotatable bonds is 7. The summed E-state index contributed by atoms with van der Waals surface area (Å²) in [6.07, 6.45) is 0.417. The molecule has 2 atom stereocenters. The minimum absolute atomic E-state index is 0.0456. The summed E-state index contributed by atoms with van der Waals surface area (Å²) >= 11 is 0. The van der Waals surface area contributed by atoms with Gasteiger partial charge in [-0.05, 0) is 18.9 Å². The van der Waals surface area contributed by atoms with Gasteiger partial charge in [0, 0.05) is 18.7 Å². The van der Waals surface area contributed by atoms with Crippen LogP contribution in [0.1, 0.15) is 31.7 Å². The molecular formula is C14H18N2O5. The molecule has 21 heavy (non-hydrogen) atoms. The van der Waals surface area contributed by atoms with E-state index in [4.69, 9.17) is 5.11 Å². The van der Waals surface area contributed by atoms with Crippen LogP contribution in [0.15, 0.2) is 24.3 Å². The fourth-order valence-electron chi connectivity index (χ4n) is 1.84. The van der Waals surface area contributed by atoms with E-state index in [9.17, 15) is 19.7 Å². The number of carbonyl (C=O) groups is 2. The first kappa shape index (κ1) is 16.6. The number of hydrogen-bond donors (Lipinski definition) is 2. The maximum absolute atomic E-state index is 12.0. The van der Waals surface area contributed by atoms with Crippen molar-refractivity contribution in [3.63, 3.8) is 0 Å². The minimum atomic E-state index is -0.958. The first-order chi connectivity index (χ1) is 9.86. The standard InChI is InChI=1S/C14H18N2O5/c1-3-10(14(18)19)8-15-13(17)9(2)11-5-4-6-12(7-11)16(20)21/h4-7,9-10H,3,8H2,1-2H3,(H,15,17)(H,18,19). The average molecular weight is 294 g/mol. The number of nitro benzene ring substituents is 1. The first-order valence-corrected chi connectivity index (χ1v) is 6.61. The number of benzene rings is 1. The molecule has 0 aliphatic carbocycles. The van der Waals surface area contributed by atoms with Gasteiger partial charge < -0.3 is 10.4 Å². The van der Waals surface area contributed by atoms with E-state index in [1.165, 1.54) is 18.2 Å². The van der Waals surface area contributed by atoms with Crippen molar-refractivity contribution in [1.82, 2.24) is 5.32 Å². The van der Waals surface area contributed by atoms with Crippen LogP contribution in [0, 0.1) is 16.0 Å². The summed E-state index contributed by atoms with van der Waals surface area (Å²) in [5.41, 5.74) is 0.439. The van der Waals surface area contributed by atoms with Gasteiger partial charge in [0.2, 0.25) is 5.91 Å². The SMILES string of the molecule is CCC(CNC(=O)C(C)c1cccc([N+](=O)[O-])c1)C(=O)O. The molecule has 7 heteroatoms. The van der Waals surface area contributed by atoms with Gasteiger partial charge in [0.05, 0.1) is 16.8 Å². The quantitative estimate of drug-likeness (QED) is 0.589. The van der Waals surface area contributed by atoms with E-state index in [0.717, 1.165) is 0 Å². The Morgan fingerprint density at radius 1 is 1.43 bits per heavy atom. The van der Waals surface area contributed by atoms with E-state index in [2.05, 4.69) is 5.32 Å². The maximum Gasteiger partial charge on any atom is 0.308 e. The molecule has 1 aromatic carbocycles. The van der Waals surface area contributed by atoms with Crippen molar-refractivity contribution < 1.29 is 19.6 Å². The van der Waals surface area contributed by atoms with Crippen molar-refractivity contribution in [2.45, 2.75) is 26.2 Å². The smallest absolute Gasteiger partial charge is 0.308 e. The van der Waals surface area contributed by atoms with Crippen LogP contribution in [-0.4, -0.2) is 28.5 Å². The largest absolute Gasteiger partial charge is 0.481 e. The summed E-state index contributed by atoms with van der Waals surface area (Å²) in [5, 5.41) is 22.2. The molecule has 0 bridgehead atoms. The van der Waals surface area contributed by atoms with Gasteiger partial charge in [-0.15, -0.1) is 0 Å². The van der Waals surface area contributed by atoms with Gasteiger partial charge in [-0.3, -0.25) is 19.7 Å². The summed E-state index contributed by atoms with van der Waals surface area (Å²) in [6.45, 7) is 3.40. The highest BCUT2D eigenvalue weighted by molar-refractivity contribution is 5.84. The van der Waals surface area contributed by atoms with Crippen molar-refractivity contribution in [2.24, 2.45) is 5.92 Å². The number of aliphatic carboxylic acids is 1. The molecule has 7 nitrogen and oxygen atoms in total. The van der Waals surface area contributed by atoms with Crippen LogP contribution in [0.5, 0.6) is 0 Å². The van der Waals surface area contributed by atoms with Gasteiger partial charge in [-0.25, -0.2) is 0 Å². The summed E-state index contributed by atoms with van der Waals surface area (Å²) in [7, 11) is 0. The van der Waals surface area contributed by atoms with Crippen molar-refractivity contribution >= 4 is 17.6 Å². The number of non-ortho nitro benzene ring substituents is 1. The lowest BCUT2D eigenvalue weighted by atomic mass is 9.99. The molecule has 0 spiro atoms. The van der Waals surface area contributed by atoms with E-state index in [0.29, 0.717) is 12.0 Å². The summed E-state index contributed by atoms with van der Waals surface area (Å²) in [4.78, 5) is 33.1. The Kier molecular flexibility index (Phi) is 5.83. The van der Waals surface area contributed by atoms with Crippen LogP contribution >= 0.6 is 0 Å². The van der Waals surface area contributed by atoms with Gasteiger partial charge in [0.1, 0.15) is 0 Å². The van der Waals surface area contributed by atoms with Gasteiger partial charge in [0.25, 0.3) is 5.69 Å². The predicted octanol–water partition coefficient (Wildman–Crippen LogP) is 1.93. The van der Waals surface area contributed by atoms with Crippen LogP contribution in [0.2, 0.25) is 0 Å². The number of carboxylic acid groups (broad SMARTS) is 1. The molecule has 0 aliphatic rings. The topological polar surface area (TPSA) is 110 Å². The third-order valence-corrected chi connectivity index (χ3v) is 3.34. The third-order valence-electron chi connectivity index (χ3n) is 3.34. The molecule has 0 aliphatic heterocycles. The van der Waals surface area contributed by atoms with Crippen molar-refractivity contribution in [2.75, 3.05) is 6.54 Å². The number of amides is 1. The van der Waals surface area contributed by atoms with E-state index < -0.39 is 22.7 Å². The molecule has 114 valence electrons. The highest BCUT2D eigenvalue weighted by atomic mass is 16.6. The lowest BCUT2D eigenvalue weighted by Crippen LogP contribution is -2.35. The number of nitro groups is 1. The minimum Gasteiger partial charge on any atom is -0.481 e. The molecule has 1 rings (SSSR count). The third kappa shape index (κ3) is 4.55. The van der Waals surface area contributed by atoms with Crippen molar-refractivity contribution in [3.8, 4) is 0 Å². The maximum atomic E-state index is 12.0. The number of hydrogen-bond acceptors (Lipinski definition) is 4. The summed E-state index contributed by atoms with van der Waals surface area (Å²) in [6, 6.07) is 5.85. The second-order valence-corrected chi connectivity index (χ2v) is 4.76. The fourth-order valence-corrected chi connectivity index (χ4v) is 1.84. The fraction of sp³-hybridized carbons (Fsp3) is 0.429. The normalized spacial score (nSPS) is 13.2. The Hall–Kier alpha value is -2.44. The Morgan fingerprint density at radius 2 is 2.10 bits per heavy atom. The molecule has 2 unspecified atom stereocenters. The van der Waals surface area contributed by atoms with Crippen LogP contribution < -0.4 is 5.32 Å². The Bertz CT molecular complexity index is 544. The van der Waals surface area contributed by atoms with Crippen LogP contribution in [0.4, 0.5) is 5.69 Å². The lowest BCUT2D eigenvalue weighted by Gasteiger charge is -2.15. The highest BCUT2D eigenvalue weighted by Crippen LogP contribution is 2.20. The van der Waals surface area contributed by atoms with E-state index in [1.807, 2.05) is 0 Å². The predicted molar refractivity (Wildman–Crippen MR) is 75.9 cm³/mol. The van der Waals surface area contributed by atoms with Gasteiger partial charge in [-0.1, -0.05) is 19.1 Å². The molecule has 0 fully saturated rings. The monoisotopic (exact) mass is 294 g/mol. The van der Waals surface area contributed by atoms with Gasteiger partial charge in [0.15, 0.2) is 0 Å². The Labute approximate surface area is 122 Å². The molecule has 1 amide bonds. The van der Waals surface area contributed by atoms with Crippen LogP contribution in [-0.2, 0) is 9.59 Å². The second kappa shape index (κ2) is 7.37. The zero-order valence-electron chi connectivity index (χ0n) is 11.9. The molecule has 0 heterocycles. The van der Waals surface area contributed by atoms with Crippen molar-refractivity contribution in [1.29, 1.82) is 0 Å². The van der Waals surface area contributed by atoms with E-state index >= 15 is 0 Å². The zero-order valence-corrected chi connectivity index (χ0v) is 11.9.